The molecule has 28 heavy (non-hydrogen) atoms. The summed E-state index contributed by atoms with van der Waals surface area (Å²) >= 11 is 0. The molecule has 2 aromatic carbocycles. The third-order valence-corrected chi connectivity index (χ3v) is 4.50. The third-order valence-electron chi connectivity index (χ3n) is 4.50. The average molecular weight is 381 g/mol. The SMILES string of the molecule is COC(COc1ccc(C)cc1C(O)O)CC(=O)c1ccc2ccccc2n1. The summed E-state index contributed by atoms with van der Waals surface area (Å²) in [4.78, 5) is 17.0. The summed E-state index contributed by atoms with van der Waals surface area (Å²) in [5.74, 6) is 0.200. The van der Waals surface area contributed by atoms with E-state index in [1.54, 1.807) is 18.2 Å². The molecule has 0 aliphatic heterocycles. The van der Waals surface area contributed by atoms with Gasteiger partial charge in [0.2, 0.25) is 0 Å². The highest BCUT2D eigenvalue weighted by molar-refractivity contribution is 5.96. The van der Waals surface area contributed by atoms with Crippen molar-refractivity contribution in [3.05, 3.63) is 71.4 Å². The zero-order chi connectivity index (χ0) is 20.1. The number of aryl methyl sites for hydroxylation is 1. The lowest BCUT2D eigenvalue weighted by Crippen LogP contribution is -2.24. The summed E-state index contributed by atoms with van der Waals surface area (Å²) in [5, 5.41) is 20.0. The van der Waals surface area contributed by atoms with Crippen LogP contribution in [0.25, 0.3) is 10.9 Å². The fourth-order valence-electron chi connectivity index (χ4n) is 2.93. The van der Waals surface area contributed by atoms with Gasteiger partial charge in [-0.15, -0.1) is 0 Å². The first kappa shape index (κ1) is 19.9. The number of aliphatic hydroxyl groups is 2. The zero-order valence-electron chi connectivity index (χ0n) is 15.8. The van der Waals surface area contributed by atoms with Crippen molar-refractivity contribution in [3.8, 4) is 5.75 Å². The highest BCUT2D eigenvalue weighted by Crippen LogP contribution is 2.25. The van der Waals surface area contributed by atoms with E-state index < -0.39 is 12.4 Å². The standard InChI is InChI=1S/C22H23NO5/c1-14-7-10-21(17(11-14)22(25)26)28-13-16(27-2)12-20(24)19-9-8-15-5-3-4-6-18(15)23-19/h3-11,16,22,25-26H,12-13H2,1-2H3. The van der Waals surface area contributed by atoms with Gasteiger partial charge in [0.25, 0.3) is 0 Å². The molecule has 0 amide bonds. The number of fused-ring (bicyclic) bond motifs is 1. The lowest BCUT2D eigenvalue weighted by Gasteiger charge is -2.18. The van der Waals surface area contributed by atoms with Crippen LogP contribution in [-0.4, -0.2) is 40.8 Å². The Kier molecular flexibility index (Phi) is 6.36. The number of aromatic nitrogens is 1. The van der Waals surface area contributed by atoms with Crippen molar-refractivity contribution in [2.24, 2.45) is 0 Å². The number of hydrogen-bond donors (Lipinski definition) is 2. The summed E-state index contributed by atoms with van der Waals surface area (Å²) in [6.07, 6.45) is -2.03. The Bertz CT molecular complexity index is 970. The largest absolute Gasteiger partial charge is 0.490 e. The minimum atomic E-state index is -1.64. The number of methoxy groups -OCH3 is 1. The van der Waals surface area contributed by atoms with Crippen molar-refractivity contribution in [1.82, 2.24) is 4.98 Å². The Labute approximate surface area is 163 Å². The fraction of sp³-hybridized carbons (Fsp3) is 0.273. The zero-order valence-corrected chi connectivity index (χ0v) is 15.8. The van der Waals surface area contributed by atoms with E-state index in [0.717, 1.165) is 16.5 Å². The lowest BCUT2D eigenvalue weighted by molar-refractivity contribution is -0.0450. The molecule has 1 heterocycles. The van der Waals surface area contributed by atoms with Crippen LogP contribution in [0.5, 0.6) is 5.75 Å². The van der Waals surface area contributed by atoms with E-state index in [1.165, 1.54) is 7.11 Å². The van der Waals surface area contributed by atoms with Crippen molar-refractivity contribution in [3.63, 3.8) is 0 Å². The maximum absolute atomic E-state index is 12.6. The maximum atomic E-state index is 12.6. The van der Waals surface area contributed by atoms with Crippen LogP contribution in [0.4, 0.5) is 0 Å². The van der Waals surface area contributed by atoms with Crippen molar-refractivity contribution in [1.29, 1.82) is 0 Å². The lowest BCUT2D eigenvalue weighted by atomic mass is 10.1. The molecule has 0 fully saturated rings. The number of carbonyl (C=O) groups is 1. The third kappa shape index (κ3) is 4.72. The maximum Gasteiger partial charge on any atom is 0.183 e. The molecule has 3 rings (SSSR count). The number of ether oxygens (including phenoxy) is 2. The highest BCUT2D eigenvalue weighted by atomic mass is 16.5. The van der Waals surface area contributed by atoms with E-state index in [4.69, 9.17) is 9.47 Å². The molecule has 0 radical (unpaired) electrons. The van der Waals surface area contributed by atoms with Crippen LogP contribution in [0.1, 0.15) is 34.3 Å². The molecule has 0 aliphatic carbocycles. The summed E-state index contributed by atoms with van der Waals surface area (Å²) in [6, 6.07) is 16.3. The molecule has 0 spiro atoms. The van der Waals surface area contributed by atoms with Gasteiger partial charge in [0.15, 0.2) is 12.1 Å². The molecular formula is C22H23NO5. The number of aliphatic hydroxyl groups excluding tert-OH is 1. The summed E-state index contributed by atoms with van der Waals surface area (Å²) in [7, 11) is 1.51. The predicted octanol–water partition coefficient (Wildman–Crippen LogP) is 3.19. The Morgan fingerprint density at radius 2 is 1.89 bits per heavy atom. The van der Waals surface area contributed by atoms with Gasteiger partial charge in [-0.05, 0) is 31.2 Å². The van der Waals surface area contributed by atoms with Crippen molar-refractivity contribution in [2.45, 2.75) is 25.7 Å². The van der Waals surface area contributed by atoms with Gasteiger partial charge in [-0.25, -0.2) is 4.98 Å². The molecule has 0 saturated heterocycles. The quantitative estimate of drug-likeness (QED) is 0.460. The average Bonchev–Trinajstić information content (AvgIpc) is 2.71. The van der Waals surface area contributed by atoms with Crippen molar-refractivity contribution >= 4 is 16.7 Å². The summed E-state index contributed by atoms with van der Waals surface area (Å²) in [6.45, 7) is 1.95. The molecule has 1 atom stereocenters. The van der Waals surface area contributed by atoms with E-state index in [2.05, 4.69) is 4.98 Å². The van der Waals surface area contributed by atoms with Gasteiger partial charge in [0.05, 0.1) is 11.6 Å². The Morgan fingerprint density at radius 3 is 2.64 bits per heavy atom. The normalized spacial score (nSPS) is 12.3. The van der Waals surface area contributed by atoms with E-state index >= 15 is 0 Å². The summed E-state index contributed by atoms with van der Waals surface area (Å²) < 4.78 is 11.1. The second-order valence-electron chi connectivity index (χ2n) is 6.60. The molecule has 1 aromatic heterocycles. The van der Waals surface area contributed by atoms with Crippen molar-refractivity contribution in [2.75, 3.05) is 13.7 Å². The van der Waals surface area contributed by atoms with Crippen molar-refractivity contribution < 1.29 is 24.5 Å². The van der Waals surface area contributed by atoms with Gasteiger partial charge in [-0.3, -0.25) is 4.79 Å². The van der Waals surface area contributed by atoms with Gasteiger partial charge in [0.1, 0.15) is 18.1 Å². The van der Waals surface area contributed by atoms with Crippen LogP contribution in [0.15, 0.2) is 54.6 Å². The molecule has 0 aliphatic rings. The van der Waals surface area contributed by atoms with Gasteiger partial charge in [0, 0.05) is 24.5 Å². The Hall–Kier alpha value is -2.80. The number of nitrogens with zero attached hydrogens (tertiary/aromatic N) is 1. The first-order valence-corrected chi connectivity index (χ1v) is 8.99. The number of hydrogen-bond acceptors (Lipinski definition) is 6. The number of para-hydroxylation sites is 1. The van der Waals surface area contributed by atoms with Gasteiger partial charge in [-0.1, -0.05) is 35.9 Å². The van der Waals surface area contributed by atoms with E-state index in [-0.39, 0.29) is 24.4 Å². The van der Waals surface area contributed by atoms with Crippen LogP contribution in [0.3, 0.4) is 0 Å². The second kappa shape index (κ2) is 8.93. The molecule has 0 bridgehead atoms. The smallest absolute Gasteiger partial charge is 0.183 e. The minimum Gasteiger partial charge on any atom is -0.490 e. The van der Waals surface area contributed by atoms with E-state index in [9.17, 15) is 15.0 Å². The van der Waals surface area contributed by atoms with Crippen LogP contribution in [0, 0.1) is 6.92 Å². The minimum absolute atomic E-state index is 0.0958. The molecule has 146 valence electrons. The summed E-state index contributed by atoms with van der Waals surface area (Å²) in [5.41, 5.74) is 2.30. The number of benzene rings is 2. The van der Waals surface area contributed by atoms with Crippen LogP contribution in [0.2, 0.25) is 0 Å². The van der Waals surface area contributed by atoms with Gasteiger partial charge in [-0.2, -0.15) is 0 Å². The van der Waals surface area contributed by atoms with E-state index in [0.29, 0.717) is 11.4 Å². The fourth-order valence-corrected chi connectivity index (χ4v) is 2.93. The highest BCUT2D eigenvalue weighted by Gasteiger charge is 2.19. The number of carbonyl (C=O) groups excluding carboxylic acids is 1. The molecule has 3 aromatic rings. The number of rotatable bonds is 8. The van der Waals surface area contributed by atoms with Gasteiger partial charge < -0.3 is 19.7 Å². The molecular weight excluding hydrogens is 358 g/mol. The number of Topliss-reactive ketones (excluding diaryl/α,β-unsaturated/α-hetero) is 1. The van der Waals surface area contributed by atoms with Crippen LogP contribution >= 0.6 is 0 Å². The molecule has 6 nitrogen and oxygen atoms in total. The predicted molar refractivity (Wildman–Crippen MR) is 105 cm³/mol. The number of pyridine rings is 1. The first-order valence-electron chi connectivity index (χ1n) is 8.99. The molecule has 1 unspecified atom stereocenters. The van der Waals surface area contributed by atoms with E-state index in [1.807, 2.05) is 43.3 Å². The monoisotopic (exact) mass is 381 g/mol. The molecule has 0 saturated carbocycles. The number of ketones is 1. The van der Waals surface area contributed by atoms with Crippen LogP contribution in [-0.2, 0) is 4.74 Å². The Balaban J connectivity index is 1.67. The Morgan fingerprint density at radius 1 is 1.11 bits per heavy atom. The topological polar surface area (TPSA) is 88.9 Å². The molecule has 2 N–H and O–H groups in total. The van der Waals surface area contributed by atoms with Gasteiger partial charge >= 0.3 is 0 Å². The first-order chi connectivity index (χ1) is 13.5. The molecule has 6 heteroatoms. The van der Waals surface area contributed by atoms with Crippen LogP contribution < -0.4 is 4.74 Å². The second-order valence-corrected chi connectivity index (χ2v) is 6.60.